The molecule has 0 saturated carbocycles. The molecule has 5 heteroatoms. The minimum Gasteiger partial charge on any atom is -0.468 e. The largest absolute Gasteiger partial charge is 0.468 e. The Morgan fingerprint density at radius 1 is 1.33 bits per heavy atom. The summed E-state index contributed by atoms with van der Waals surface area (Å²) in [5, 5.41) is 0. The fourth-order valence-electron chi connectivity index (χ4n) is 1.10. The molecule has 0 N–H and O–H groups in total. The maximum absolute atomic E-state index is 11.5. The van der Waals surface area contributed by atoms with E-state index in [9.17, 15) is 9.59 Å². The molecule has 0 unspecified atom stereocenters. The number of carbonyl (C=O) groups is 2. The first kappa shape index (κ1) is 14.4. The van der Waals surface area contributed by atoms with E-state index in [-0.39, 0.29) is 0 Å². The third-order valence-electron chi connectivity index (χ3n) is 1.95. The summed E-state index contributed by atoms with van der Waals surface area (Å²) in [6.45, 7) is 3.58. The van der Waals surface area contributed by atoms with Crippen LogP contribution in [-0.4, -0.2) is 29.6 Å². The molecule has 0 aliphatic carbocycles. The van der Waals surface area contributed by atoms with Crippen molar-refractivity contribution < 1.29 is 19.1 Å². The van der Waals surface area contributed by atoms with E-state index in [1.165, 1.54) is 14.2 Å². The molecule has 0 aliphatic rings. The lowest BCUT2D eigenvalue weighted by Gasteiger charge is -2.21. The number of hydrogen-bond donors (Lipinski definition) is 0. The molecule has 0 bridgehead atoms. The fraction of sp³-hybridized carbons (Fsp3) is 0.600. The van der Waals surface area contributed by atoms with Crippen molar-refractivity contribution in [2.45, 2.75) is 22.7 Å². The highest BCUT2D eigenvalue weighted by molar-refractivity contribution is 14.1. The molecule has 86 valence electrons. The normalized spacial score (nSPS) is 10.6. The summed E-state index contributed by atoms with van der Waals surface area (Å²) in [5.41, 5.74) is 0. The lowest BCUT2D eigenvalue weighted by Crippen LogP contribution is -2.42. The van der Waals surface area contributed by atoms with Crippen LogP contribution in [0.15, 0.2) is 12.7 Å². The van der Waals surface area contributed by atoms with Crippen LogP contribution >= 0.6 is 22.6 Å². The van der Waals surface area contributed by atoms with Gasteiger partial charge in [-0.1, -0.05) is 28.7 Å². The van der Waals surface area contributed by atoms with Gasteiger partial charge in [0.05, 0.1) is 14.2 Å². The van der Waals surface area contributed by atoms with Crippen LogP contribution in [-0.2, 0) is 19.1 Å². The van der Waals surface area contributed by atoms with E-state index >= 15 is 0 Å². The topological polar surface area (TPSA) is 52.6 Å². The van der Waals surface area contributed by atoms with Gasteiger partial charge in [0.25, 0.3) is 0 Å². The molecule has 0 aromatic rings. The average Bonchev–Trinajstić information content (AvgIpc) is 2.26. The quantitative estimate of drug-likeness (QED) is 0.187. The highest BCUT2D eigenvalue weighted by atomic mass is 127. The van der Waals surface area contributed by atoms with Gasteiger partial charge in [0.2, 0.25) is 3.42 Å². The molecule has 4 nitrogen and oxygen atoms in total. The highest BCUT2D eigenvalue weighted by Gasteiger charge is 2.45. The molecule has 0 radical (unpaired) electrons. The summed E-state index contributed by atoms with van der Waals surface area (Å²) in [5.74, 6) is -1.14. The van der Waals surface area contributed by atoms with Gasteiger partial charge in [-0.2, -0.15) is 0 Å². The number of alkyl halides is 1. The maximum atomic E-state index is 11.5. The molecule has 0 atom stereocenters. The monoisotopic (exact) mass is 326 g/mol. The van der Waals surface area contributed by atoms with Crippen LogP contribution in [0.25, 0.3) is 0 Å². The van der Waals surface area contributed by atoms with Crippen LogP contribution in [0.3, 0.4) is 0 Å². The predicted octanol–water partition coefficient (Wildman–Crippen LogP) is 1.86. The number of esters is 2. The van der Waals surface area contributed by atoms with Gasteiger partial charge in [0.15, 0.2) is 0 Å². The molecule has 0 rings (SSSR count). The number of carbonyl (C=O) groups excluding carboxylic acids is 2. The Bertz CT molecular complexity index is 234. The zero-order valence-electron chi connectivity index (χ0n) is 8.92. The van der Waals surface area contributed by atoms with Crippen LogP contribution in [0.4, 0.5) is 0 Å². The van der Waals surface area contributed by atoms with Crippen molar-refractivity contribution in [1.29, 1.82) is 0 Å². The van der Waals surface area contributed by atoms with E-state index in [0.29, 0.717) is 12.8 Å². The second kappa shape index (κ2) is 6.81. The van der Waals surface area contributed by atoms with Gasteiger partial charge in [-0.05, 0) is 19.3 Å². The molecule has 0 fully saturated rings. The van der Waals surface area contributed by atoms with E-state index in [0.717, 1.165) is 6.42 Å². The molecule has 0 amide bonds. The number of rotatable bonds is 6. The number of unbranched alkanes of at least 4 members (excludes halogenated alkanes) is 1. The fourth-order valence-corrected chi connectivity index (χ4v) is 1.92. The Morgan fingerprint density at radius 3 is 2.13 bits per heavy atom. The molecule has 0 aromatic carbocycles. The van der Waals surface area contributed by atoms with Crippen molar-refractivity contribution in [2.24, 2.45) is 0 Å². The highest BCUT2D eigenvalue weighted by Crippen LogP contribution is 2.29. The van der Waals surface area contributed by atoms with E-state index in [1.54, 1.807) is 28.7 Å². The van der Waals surface area contributed by atoms with Crippen molar-refractivity contribution >= 4 is 34.5 Å². The predicted molar refractivity (Wildman–Crippen MR) is 64.8 cm³/mol. The van der Waals surface area contributed by atoms with E-state index in [4.69, 9.17) is 0 Å². The van der Waals surface area contributed by atoms with Crippen molar-refractivity contribution in [3.63, 3.8) is 0 Å². The molecular formula is C10H15IO4. The Morgan fingerprint density at radius 2 is 1.80 bits per heavy atom. The molecule has 0 heterocycles. The van der Waals surface area contributed by atoms with E-state index in [1.807, 2.05) is 0 Å². The Hall–Kier alpha value is -0.590. The van der Waals surface area contributed by atoms with Gasteiger partial charge in [-0.3, -0.25) is 0 Å². The first-order valence-electron chi connectivity index (χ1n) is 4.49. The summed E-state index contributed by atoms with van der Waals surface area (Å²) in [7, 11) is 2.51. The van der Waals surface area contributed by atoms with Crippen molar-refractivity contribution in [3.8, 4) is 0 Å². The molecule has 0 aliphatic heterocycles. The van der Waals surface area contributed by atoms with E-state index in [2.05, 4.69) is 16.1 Å². The minimum absolute atomic E-state index is 0.388. The van der Waals surface area contributed by atoms with Gasteiger partial charge in [0.1, 0.15) is 0 Å². The van der Waals surface area contributed by atoms with Crippen molar-refractivity contribution in [3.05, 3.63) is 12.7 Å². The zero-order chi connectivity index (χ0) is 11.9. The molecular weight excluding hydrogens is 311 g/mol. The number of allylic oxidation sites excluding steroid dienone is 1. The molecule has 15 heavy (non-hydrogen) atoms. The van der Waals surface area contributed by atoms with Gasteiger partial charge in [0, 0.05) is 0 Å². The lowest BCUT2D eigenvalue weighted by molar-refractivity contribution is -0.155. The van der Waals surface area contributed by atoms with Crippen LogP contribution in [0, 0.1) is 0 Å². The van der Waals surface area contributed by atoms with Crippen molar-refractivity contribution in [2.75, 3.05) is 14.2 Å². The summed E-state index contributed by atoms with van der Waals surface area (Å²) >= 11 is 1.78. The second-order valence-electron chi connectivity index (χ2n) is 2.97. The number of hydrogen-bond acceptors (Lipinski definition) is 4. The molecule has 0 saturated heterocycles. The van der Waals surface area contributed by atoms with Gasteiger partial charge >= 0.3 is 11.9 Å². The van der Waals surface area contributed by atoms with Crippen LogP contribution in [0.2, 0.25) is 0 Å². The summed E-state index contributed by atoms with van der Waals surface area (Å²) < 4.78 is 7.96. The maximum Gasteiger partial charge on any atom is 0.333 e. The Balaban J connectivity index is 4.62. The van der Waals surface area contributed by atoms with Crippen molar-refractivity contribution in [1.82, 2.24) is 0 Å². The zero-order valence-corrected chi connectivity index (χ0v) is 11.1. The third kappa shape index (κ3) is 3.81. The van der Waals surface area contributed by atoms with Crippen LogP contribution in [0.1, 0.15) is 19.3 Å². The van der Waals surface area contributed by atoms with Gasteiger partial charge in [-0.25, -0.2) is 9.59 Å². The number of ether oxygens (including phenoxy) is 2. The molecule has 0 aromatic heterocycles. The van der Waals surface area contributed by atoms with Gasteiger partial charge in [-0.15, -0.1) is 6.58 Å². The first-order valence-corrected chi connectivity index (χ1v) is 5.57. The smallest absolute Gasteiger partial charge is 0.333 e. The second-order valence-corrected chi connectivity index (χ2v) is 4.81. The number of halogens is 1. The van der Waals surface area contributed by atoms with Crippen LogP contribution in [0.5, 0.6) is 0 Å². The summed E-state index contributed by atoms with van der Waals surface area (Å²) in [4.78, 5) is 22.9. The minimum atomic E-state index is -1.23. The molecule has 0 spiro atoms. The standard InChI is InChI=1S/C10H15IO4/c1-4-5-6-7-10(11,8(12)14-2)9(13)15-3/h4H,1,5-7H2,2-3H3. The van der Waals surface area contributed by atoms with Crippen LogP contribution < -0.4 is 0 Å². The third-order valence-corrected chi connectivity index (χ3v) is 3.37. The Kier molecular flexibility index (Phi) is 6.55. The van der Waals surface area contributed by atoms with E-state index < -0.39 is 15.4 Å². The number of methoxy groups -OCH3 is 2. The van der Waals surface area contributed by atoms with Gasteiger partial charge < -0.3 is 9.47 Å². The lowest BCUT2D eigenvalue weighted by atomic mass is 10.0. The SMILES string of the molecule is C=CCCCC(I)(C(=O)OC)C(=O)OC. The first-order chi connectivity index (χ1) is 7.02. The average molecular weight is 326 g/mol. The summed E-state index contributed by atoms with van der Waals surface area (Å²) in [6.07, 6.45) is 3.57. The summed E-state index contributed by atoms with van der Waals surface area (Å²) in [6, 6.07) is 0. The Labute approximate surface area is 103 Å².